The van der Waals surface area contributed by atoms with Crippen molar-refractivity contribution >= 4 is 5.71 Å². The van der Waals surface area contributed by atoms with Crippen LogP contribution in [0.4, 0.5) is 0 Å². The van der Waals surface area contributed by atoms with Crippen LogP contribution in [0, 0.1) is 11.1 Å². The summed E-state index contributed by atoms with van der Waals surface area (Å²) in [5, 5.41) is 12.1. The van der Waals surface area contributed by atoms with Gasteiger partial charge in [-0.1, -0.05) is 49.8 Å². The summed E-state index contributed by atoms with van der Waals surface area (Å²) in [5.74, 6) is 0.0408. The van der Waals surface area contributed by atoms with Gasteiger partial charge in [0, 0.05) is 24.4 Å². The van der Waals surface area contributed by atoms with Crippen LogP contribution in [0.3, 0.4) is 0 Å². The van der Waals surface area contributed by atoms with Crippen molar-refractivity contribution in [3.63, 3.8) is 0 Å². The molecule has 1 aromatic carbocycles. The fourth-order valence-electron chi connectivity index (χ4n) is 2.92. The first-order valence-corrected chi connectivity index (χ1v) is 7.94. The summed E-state index contributed by atoms with van der Waals surface area (Å²) in [6.45, 7) is 8.38. The molecule has 4 heteroatoms. The second kappa shape index (κ2) is 7.99. The Kier molecular flexibility index (Phi) is 6.01. The van der Waals surface area contributed by atoms with E-state index in [-0.39, 0.29) is 11.8 Å². The van der Waals surface area contributed by atoms with E-state index in [0.29, 0.717) is 17.2 Å². The van der Waals surface area contributed by atoms with Crippen molar-refractivity contribution in [3.8, 4) is 0 Å². The molecular formula is C18H25NO3. The summed E-state index contributed by atoms with van der Waals surface area (Å²) in [6.07, 6.45) is 4.08. The van der Waals surface area contributed by atoms with Gasteiger partial charge in [-0.2, -0.15) is 0 Å². The number of benzene rings is 1. The quantitative estimate of drug-likeness (QED) is 0.434. The second-order valence-electron chi connectivity index (χ2n) is 5.67. The molecule has 0 bridgehead atoms. The predicted molar refractivity (Wildman–Crippen MR) is 87.5 cm³/mol. The van der Waals surface area contributed by atoms with Crippen molar-refractivity contribution in [2.45, 2.75) is 45.3 Å². The Morgan fingerprint density at radius 3 is 2.73 bits per heavy atom. The predicted octanol–water partition coefficient (Wildman–Crippen LogP) is 4.02. The molecule has 0 aliphatic carbocycles. The van der Waals surface area contributed by atoms with Crippen molar-refractivity contribution in [3.05, 3.63) is 53.8 Å². The molecule has 1 heterocycles. The normalized spacial score (nSPS) is 24.9. The molecule has 0 amide bonds. The van der Waals surface area contributed by atoms with Crippen LogP contribution in [-0.2, 0) is 9.57 Å². The van der Waals surface area contributed by atoms with Gasteiger partial charge in [0.25, 0.3) is 0 Å². The van der Waals surface area contributed by atoms with E-state index in [0.717, 1.165) is 24.8 Å². The van der Waals surface area contributed by atoms with E-state index >= 15 is 0 Å². The fourth-order valence-corrected chi connectivity index (χ4v) is 2.92. The minimum absolute atomic E-state index is 0.0166. The van der Waals surface area contributed by atoms with E-state index in [1.807, 2.05) is 43.3 Å². The van der Waals surface area contributed by atoms with Crippen LogP contribution < -0.4 is 0 Å². The first-order chi connectivity index (χ1) is 10.7. The largest absolute Gasteiger partial charge is 0.372 e. The van der Waals surface area contributed by atoms with Crippen molar-refractivity contribution < 1.29 is 14.5 Å². The molecule has 0 fully saturated rings. The maximum atomic E-state index is 12.1. The second-order valence-corrected chi connectivity index (χ2v) is 5.67. The molecule has 4 nitrogen and oxygen atoms in total. The van der Waals surface area contributed by atoms with E-state index < -0.39 is 6.29 Å². The average molecular weight is 303 g/mol. The van der Waals surface area contributed by atoms with Crippen LogP contribution >= 0.6 is 0 Å². The lowest BCUT2D eigenvalue weighted by atomic mass is 9.80. The van der Waals surface area contributed by atoms with Crippen LogP contribution in [0.15, 0.2) is 43.0 Å². The monoisotopic (exact) mass is 303 g/mol. The summed E-state index contributed by atoms with van der Waals surface area (Å²) < 4.78 is 5.83. The molecule has 2 rings (SSSR count). The Labute approximate surface area is 132 Å². The highest BCUT2D eigenvalue weighted by molar-refractivity contribution is 5.85. The molecule has 0 spiro atoms. The Balaban J connectivity index is 2.29. The third-order valence-corrected chi connectivity index (χ3v) is 4.09. The van der Waals surface area contributed by atoms with Crippen molar-refractivity contribution in [2.75, 3.05) is 6.61 Å². The number of hydrogen-bond donors (Lipinski definition) is 0. The molecule has 0 radical (unpaired) electrons. The summed E-state index contributed by atoms with van der Waals surface area (Å²) >= 11 is 0. The number of allylic oxidation sites excluding steroid dienone is 1. The molecule has 22 heavy (non-hydrogen) atoms. The first kappa shape index (κ1) is 16.6. The molecule has 3 atom stereocenters. The van der Waals surface area contributed by atoms with Gasteiger partial charge >= 0.3 is 0 Å². The molecule has 1 aliphatic heterocycles. The fraction of sp³-hybridized carbons (Fsp3) is 0.500. The molecule has 1 aliphatic rings. The molecule has 0 unspecified atom stereocenters. The van der Waals surface area contributed by atoms with E-state index in [9.17, 15) is 5.21 Å². The Hall–Kier alpha value is -1.81. The van der Waals surface area contributed by atoms with E-state index in [1.54, 1.807) is 0 Å². The minimum Gasteiger partial charge on any atom is -0.372 e. The summed E-state index contributed by atoms with van der Waals surface area (Å²) in [6, 6.07) is 10.1. The Morgan fingerprint density at radius 2 is 2.09 bits per heavy atom. The minimum atomic E-state index is -0.532. The molecular weight excluding hydrogens is 278 g/mol. The number of nitrogens with zero attached hydrogens (tertiary/aromatic N) is 1. The van der Waals surface area contributed by atoms with E-state index in [4.69, 9.17) is 9.57 Å². The highest BCUT2D eigenvalue weighted by atomic mass is 16.9. The van der Waals surface area contributed by atoms with E-state index in [1.165, 1.54) is 0 Å². The number of hydrogen-bond acceptors (Lipinski definition) is 3. The van der Waals surface area contributed by atoms with Gasteiger partial charge in [-0.25, -0.2) is 0 Å². The van der Waals surface area contributed by atoms with Crippen LogP contribution in [0.2, 0.25) is 0 Å². The van der Waals surface area contributed by atoms with Gasteiger partial charge in [0.15, 0.2) is 6.29 Å². The van der Waals surface area contributed by atoms with Crippen LogP contribution in [0.5, 0.6) is 0 Å². The Morgan fingerprint density at radius 1 is 1.36 bits per heavy atom. The zero-order valence-corrected chi connectivity index (χ0v) is 13.4. The standard InChI is InChI=1S/C18H25NO3/c1-4-6-13-21-18-16(10-5-2)17(14(3)19(20)22-18)15-11-8-7-9-12-15/h5,7-9,11-12,16-18H,2,4,6,10,13H2,1,3H3/t16-,17-,18+/m1/s1. The first-order valence-electron chi connectivity index (χ1n) is 7.94. The van der Waals surface area contributed by atoms with Crippen LogP contribution in [0.25, 0.3) is 0 Å². The third-order valence-electron chi connectivity index (χ3n) is 4.09. The molecule has 1 aromatic rings. The number of rotatable bonds is 7. The maximum absolute atomic E-state index is 12.1. The van der Waals surface area contributed by atoms with Crippen LogP contribution in [0.1, 0.15) is 44.6 Å². The lowest BCUT2D eigenvalue weighted by Gasteiger charge is -2.37. The van der Waals surface area contributed by atoms with Crippen molar-refractivity contribution in [1.82, 2.24) is 0 Å². The van der Waals surface area contributed by atoms with Gasteiger partial charge in [-0.3, -0.25) is 5.21 Å². The van der Waals surface area contributed by atoms with Crippen molar-refractivity contribution in [2.24, 2.45) is 5.92 Å². The highest BCUT2D eigenvalue weighted by Gasteiger charge is 2.40. The molecule has 0 N–H and O–H groups in total. The topological polar surface area (TPSA) is 44.5 Å². The summed E-state index contributed by atoms with van der Waals surface area (Å²) in [4.78, 5) is 6.05. The highest BCUT2D eigenvalue weighted by Crippen LogP contribution is 2.36. The third kappa shape index (κ3) is 3.69. The lowest BCUT2D eigenvalue weighted by molar-refractivity contribution is -0.775. The van der Waals surface area contributed by atoms with Crippen molar-refractivity contribution in [1.29, 1.82) is 0 Å². The van der Waals surface area contributed by atoms with Gasteiger partial charge in [0.05, 0.1) is 5.92 Å². The van der Waals surface area contributed by atoms with Gasteiger partial charge < -0.3 is 9.57 Å². The average Bonchev–Trinajstić information content (AvgIpc) is 2.53. The van der Waals surface area contributed by atoms with Gasteiger partial charge in [-0.15, -0.1) is 6.58 Å². The zero-order valence-electron chi connectivity index (χ0n) is 13.4. The smallest absolute Gasteiger partial charge is 0.226 e. The number of ether oxygens (including phenoxy) is 1. The molecule has 0 saturated carbocycles. The maximum Gasteiger partial charge on any atom is 0.226 e. The van der Waals surface area contributed by atoms with Gasteiger partial charge in [0.1, 0.15) is 0 Å². The molecule has 0 aromatic heterocycles. The Bertz CT molecular complexity index is 512. The van der Waals surface area contributed by atoms with Gasteiger partial charge in [0.2, 0.25) is 5.71 Å². The zero-order chi connectivity index (χ0) is 15.9. The SMILES string of the molecule is C=CC[C@H]1[C@@H](OCCCC)O[N+]([O-])=C(C)[C@@H]1c1ccccc1. The van der Waals surface area contributed by atoms with Gasteiger partial charge in [-0.05, 0) is 18.4 Å². The molecule has 120 valence electrons. The lowest BCUT2D eigenvalue weighted by Crippen LogP contribution is -2.43. The summed E-state index contributed by atoms with van der Waals surface area (Å²) in [5.41, 5.74) is 1.77. The van der Waals surface area contributed by atoms with E-state index in [2.05, 4.69) is 13.5 Å². The number of unbranched alkanes of at least 4 members (excludes halogenated alkanes) is 1. The molecule has 0 saturated heterocycles. The summed E-state index contributed by atoms with van der Waals surface area (Å²) in [7, 11) is 0. The van der Waals surface area contributed by atoms with Crippen LogP contribution in [-0.4, -0.2) is 23.5 Å².